The van der Waals surface area contributed by atoms with E-state index in [1.54, 1.807) is 6.92 Å². The van der Waals surface area contributed by atoms with Gasteiger partial charge < -0.3 is 14.2 Å². The summed E-state index contributed by atoms with van der Waals surface area (Å²) < 4.78 is 17.9. The molecule has 0 N–H and O–H groups in total. The number of hydrogen-bond donors (Lipinski definition) is 0. The Morgan fingerprint density at radius 3 is 1.81 bits per heavy atom. The molecule has 0 amide bonds. The summed E-state index contributed by atoms with van der Waals surface area (Å²) in [5.74, 6) is -1.58. The number of Topliss-reactive ketones (excluding diaryl/α,β-unsaturated/α-hetero) is 1. The van der Waals surface area contributed by atoms with Crippen molar-refractivity contribution >= 4 is 11.8 Å². The maximum atomic E-state index is 13.1. The summed E-state index contributed by atoms with van der Waals surface area (Å²) in [6, 6.07) is 0. The Bertz CT molecular complexity index is 595. The molecule has 1 saturated heterocycles. The summed E-state index contributed by atoms with van der Waals surface area (Å²) in [5.41, 5.74) is -1.39. The molecule has 0 aromatic carbocycles. The highest BCUT2D eigenvalue weighted by atomic mass is 16.6. The molecular formula is C26H49NO5. The fourth-order valence-corrected chi connectivity index (χ4v) is 5.85. The van der Waals surface area contributed by atoms with Gasteiger partial charge in [-0.2, -0.15) is 0 Å². The number of hydrogen-bond acceptors (Lipinski definition) is 6. The molecule has 0 bridgehead atoms. The van der Waals surface area contributed by atoms with E-state index in [2.05, 4.69) is 46.4 Å². The lowest BCUT2D eigenvalue weighted by atomic mass is 9.77. The Kier molecular flexibility index (Phi) is 10.4. The number of carbonyl (C=O) groups is 2. The average Bonchev–Trinajstić information content (AvgIpc) is 2.70. The lowest BCUT2D eigenvalue weighted by Crippen LogP contribution is -2.66. The van der Waals surface area contributed by atoms with Crippen molar-refractivity contribution in [2.75, 3.05) is 7.11 Å². The molecule has 1 aliphatic heterocycles. The van der Waals surface area contributed by atoms with Gasteiger partial charge in [-0.25, -0.2) is 0 Å². The zero-order valence-electron chi connectivity index (χ0n) is 22.5. The monoisotopic (exact) mass is 455 g/mol. The van der Waals surface area contributed by atoms with Gasteiger partial charge in [-0.15, -0.1) is 0 Å². The van der Waals surface area contributed by atoms with E-state index in [1.165, 1.54) is 7.11 Å². The quantitative estimate of drug-likeness (QED) is 0.285. The molecule has 6 nitrogen and oxygen atoms in total. The Hall–Kier alpha value is -0.980. The van der Waals surface area contributed by atoms with E-state index in [9.17, 15) is 9.59 Å². The lowest BCUT2D eigenvalue weighted by molar-refractivity contribution is -0.200. The third kappa shape index (κ3) is 6.32. The smallest absolute Gasteiger partial charge is 0.317 e. The normalized spacial score (nSPS) is 21.4. The number of likely N-dealkylation sites (tertiary alicyclic amines) is 1. The Balaban J connectivity index is 2.98. The second-order valence-electron chi connectivity index (χ2n) is 10.6. The highest BCUT2D eigenvalue weighted by molar-refractivity contribution is 6.03. The van der Waals surface area contributed by atoms with Crippen LogP contribution in [-0.2, 0) is 23.8 Å². The number of nitrogens with zero attached hydrogens (tertiary/aromatic N) is 1. The van der Waals surface area contributed by atoms with Crippen LogP contribution in [0, 0.1) is 5.92 Å². The summed E-state index contributed by atoms with van der Waals surface area (Å²) >= 11 is 0. The third-order valence-corrected chi connectivity index (χ3v) is 7.43. The van der Waals surface area contributed by atoms with Crippen molar-refractivity contribution in [3.63, 3.8) is 0 Å². The van der Waals surface area contributed by atoms with Crippen molar-refractivity contribution in [3.05, 3.63) is 0 Å². The number of piperidine rings is 1. The van der Waals surface area contributed by atoms with Gasteiger partial charge in [-0.05, 0) is 80.1 Å². The molecule has 0 aliphatic carbocycles. The van der Waals surface area contributed by atoms with Crippen LogP contribution in [0.15, 0.2) is 0 Å². The maximum Gasteiger partial charge on any atom is 0.317 e. The van der Waals surface area contributed by atoms with Crippen LogP contribution in [-0.4, -0.2) is 58.9 Å². The van der Waals surface area contributed by atoms with E-state index in [1.807, 2.05) is 20.8 Å². The Morgan fingerprint density at radius 1 is 0.969 bits per heavy atom. The van der Waals surface area contributed by atoms with Gasteiger partial charge in [0.2, 0.25) is 0 Å². The molecule has 6 heteroatoms. The molecule has 0 saturated carbocycles. The minimum atomic E-state index is -0.939. The molecule has 188 valence electrons. The van der Waals surface area contributed by atoms with Gasteiger partial charge >= 0.3 is 5.97 Å². The summed E-state index contributed by atoms with van der Waals surface area (Å²) in [5, 5.41) is 0. The lowest BCUT2D eigenvalue weighted by Gasteiger charge is -2.57. The molecule has 0 radical (unpaired) electrons. The molecule has 2 atom stereocenters. The van der Waals surface area contributed by atoms with Crippen LogP contribution < -0.4 is 0 Å². The summed E-state index contributed by atoms with van der Waals surface area (Å²) in [7, 11) is 1.53. The maximum absolute atomic E-state index is 13.1. The van der Waals surface area contributed by atoms with Crippen molar-refractivity contribution in [1.29, 1.82) is 0 Å². The first-order chi connectivity index (χ1) is 14.7. The van der Waals surface area contributed by atoms with Gasteiger partial charge in [0.25, 0.3) is 0 Å². The van der Waals surface area contributed by atoms with Gasteiger partial charge in [0, 0.05) is 18.2 Å². The number of rotatable bonds is 12. The standard InChI is InChI=1S/C26H49NO5/c1-12-20(13-2)32-21-16-24(7,8)27(25(9,10)17-21)19(6)31-23(29)18(5)22(28)26(14-3,15-4)30-11/h18-21H,12-17H2,1-11H3. The van der Waals surface area contributed by atoms with Crippen molar-refractivity contribution in [2.45, 2.75) is 143 Å². The van der Waals surface area contributed by atoms with E-state index < -0.39 is 23.7 Å². The molecular weight excluding hydrogens is 406 g/mol. The van der Waals surface area contributed by atoms with E-state index in [4.69, 9.17) is 14.2 Å². The Labute approximate surface area is 196 Å². The second kappa shape index (κ2) is 11.4. The minimum Gasteiger partial charge on any atom is -0.446 e. The van der Waals surface area contributed by atoms with Crippen molar-refractivity contribution in [2.24, 2.45) is 5.92 Å². The van der Waals surface area contributed by atoms with Crippen LogP contribution in [0.5, 0.6) is 0 Å². The van der Waals surface area contributed by atoms with Crippen LogP contribution in [0.2, 0.25) is 0 Å². The van der Waals surface area contributed by atoms with Crippen LogP contribution in [0.25, 0.3) is 0 Å². The van der Waals surface area contributed by atoms with E-state index in [-0.39, 0.29) is 29.1 Å². The number of ether oxygens (including phenoxy) is 3. The third-order valence-electron chi connectivity index (χ3n) is 7.43. The fraction of sp³-hybridized carbons (Fsp3) is 0.923. The molecule has 1 heterocycles. The van der Waals surface area contributed by atoms with Gasteiger partial charge in [0.1, 0.15) is 11.5 Å². The zero-order valence-corrected chi connectivity index (χ0v) is 22.5. The predicted molar refractivity (Wildman–Crippen MR) is 129 cm³/mol. The first-order valence-corrected chi connectivity index (χ1v) is 12.5. The molecule has 1 aliphatic rings. The molecule has 32 heavy (non-hydrogen) atoms. The molecule has 0 spiro atoms. The first-order valence-electron chi connectivity index (χ1n) is 12.5. The summed E-state index contributed by atoms with van der Waals surface area (Å²) in [6.45, 7) is 20.4. The largest absolute Gasteiger partial charge is 0.446 e. The van der Waals surface area contributed by atoms with Crippen molar-refractivity contribution < 1.29 is 23.8 Å². The molecule has 1 rings (SSSR count). The number of carbonyl (C=O) groups excluding carboxylic acids is 2. The Morgan fingerprint density at radius 2 is 1.44 bits per heavy atom. The van der Waals surface area contributed by atoms with Crippen LogP contribution in [0.4, 0.5) is 0 Å². The summed E-state index contributed by atoms with van der Waals surface area (Å²) in [4.78, 5) is 28.3. The first kappa shape index (κ1) is 29.1. The fourth-order valence-electron chi connectivity index (χ4n) is 5.85. The van der Waals surface area contributed by atoms with Gasteiger partial charge in [-0.1, -0.05) is 27.7 Å². The predicted octanol–water partition coefficient (Wildman–Crippen LogP) is 5.51. The van der Waals surface area contributed by atoms with E-state index in [0.29, 0.717) is 12.8 Å². The van der Waals surface area contributed by atoms with Gasteiger partial charge in [-0.3, -0.25) is 14.5 Å². The molecule has 1 fully saturated rings. The summed E-state index contributed by atoms with van der Waals surface area (Å²) in [6.07, 6.45) is 4.78. The zero-order chi connectivity index (χ0) is 24.9. The second-order valence-corrected chi connectivity index (χ2v) is 10.6. The van der Waals surface area contributed by atoms with Gasteiger partial charge in [0.05, 0.1) is 12.2 Å². The molecule has 2 unspecified atom stereocenters. The number of esters is 1. The van der Waals surface area contributed by atoms with E-state index >= 15 is 0 Å². The van der Waals surface area contributed by atoms with Gasteiger partial charge in [0.15, 0.2) is 12.0 Å². The SMILES string of the molecule is CCC(CC)OC1CC(C)(C)N(C(C)OC(=O)C(C)C(=O)C(CC)(CC)OC)C(C)(C)C1. The number of ketones is 1. The van der Waals surface area contributed by atoms with Crippen molar-refractivity contribution in [3.8, 4) is 0 Å². The topological polar surface area (TPSA) is 65.1 Å². The van der Waals surface area contributed by atoms with Crippen LogP contribution >= 0.6 is 0 Å². The highest BCUT2D eigenvalue weighted by Crippen LogP contribution is 2.42. The van der Waals surface area contributed by atoms with Crippen molar-refractivity contribution in [1.82, 2.24) is 4.90 Å². The average molecular weight is 456 g/mol. The van der Waals surface area contributed by atoms with Crippen LogP contribution in [0.3, 0.4) is 0 Å². The number of methoxy groups -OCH3 is 1. The molecule has 0 aromatic rings. The molecule has 0 aromatic heterocycles. The highest BCUT2D eigenvalue weighted by Gasteiger charge is 2.50. The van der Waals surface area contributed by atoms with Crippen LogP contribution in [0.1, 0.15) is 108 Å². The van der Waals surface area contributed by atoms with E-state index in [0.717, 1.165) is 25.7 Å². The minimum absolute atomic E-state index is 0.168.